The summed E-state index contributed by atoms with van der Waals surface area (Å²) < 4.78 is 5.19. The summed E-state index contributed by atoms with van der Waals surface area (Å²) in [6.45, 7) is 9.22. The molecule has 0 spiro atoms. The molecule has 0 amide bonds. The van der Waals surface area contributed by atoms with Crippen LogP contribution in [0.15, 0.2) is 0 Å². The lowest BCUT2D eigenvalue weighted by atomic mass is 9.98. The zero-order chi connectivity index (χ0) is 13.6. The zero-order valence-electron chi connectivity index (χ0n) is 11.8. The summed E-state index contributed by atoms with van der Waals surface area (Å²) in [5.74, 6) is -0.142. The molecule has 0 aliphatic heterocycles. The topological polar surface area (TPSA) is 55.4 Å². The molecule has 0 heterocycles. The molecule has 0 saturated heterocycles. The average Bonchev–Trinajstić information content (AvgIpc) is 2.15. The van der Waals surface area contributed by atoms with E-state index in [9.17, 15) is 9.59 Å². The number of ether oxygens (including phenoxy) is 1. The summed E-state index contributed by atoms with van der Waals surface area (Å²) >= 11 is 0. The van der Waals surface area contributed by atoms with E-state index < -0.39 is 5.60 Å². The number of hydrogen-bond acceptors (Lipinski definition) is 4. The first-order valence-corrected chi connectivity index (χ1v) is 6.10. The van der Waals surface area contributed by atoms with Gasteiger partial charge in [-0.1, -0.05) is 13.8 Å². The van der Waals surface area contributed by atoms with Gasteiger partial charge >= 0.3 is 5.97 Å². The van der Waals surface area contributed by atoms with E-state index in [1.807, 2.05) is 34.6 Å². The Bertz CT molecular complexity index is 266. The van der Waals surface area contributed by atoms with Crippen molar-refractivity contribution in [3.05, 3.63) is 0 Å². The molecule has 0 aliphatic carbocycles. The maximum atomic E-state index is 11.8. The van der Waals surface area contributed by atoms with Crippen molar-refractivity contribution in [2.24, 2.45) is 5.92 Å². The van der Waals surface area contributed by atoms with Crippen LogP contribution < -0.4 is 5.32 Å². The molecule has 0 saturated carbocycles. The molecule has 1 atom stereocenters. The third-order valence-electron chi connectivity index (χ3n) is 2.32. The van der Waals surface area contributed by atoms with Gasteiger partial charge in [0.1, 0.15) is 5.60 Å². The van der Waals surface area contributed by atoms with Gasteiger partial charge in [0.15, 0.2) is 5.78 Å². The second-order valence-corrected chi connectivity index (χ2v) is 5.52. The molecule has 0 rings (SSSR count). The minimum absolute atomic E-state index is 0.0221. The highest BCUT2D eigenvalue weighted by Gasteiger charge is 2.22. The Morgan fingerprint density at radius 1 is 1.24 bits per heavy atom. The van der Waals surface area contributed by atoms with Crippen LogP contribution in [-0.2, 0) is 14.3 Å². The van der Waals surface area contributed by atoms with Crippen LogP contribution in [0.2, 0.25) is 0 Å². The van der Waals surface area contributed by atoms with Crippen molar-refractivity contribution in [1.82, 2.24) is 5.32 Å². The predicted octanol–water partition coefficient (Wildman–Crippen LogP) is 1.92. The highest BCUT2D eigenvalue weighted by Crippen LogP contribution is 2.11. The van der Waals surface area contributed by atoms with E-state index in [2.05, 4.69) is 5.32 Å². The van der Waals surface area contributed by atoms with E-state index >= 15 is 0 Å². The highest BCUT2D eigenvalue weighted by atomic mass is 16.6. The van der Waals surface area contributed by atoms with E-state index in [1.165, 1.54) is 0 Å². The van der Waals surface area contributed by atoms with Crippen molar-refractivity contribution >= 4 is 11.8 Å². The van der Waals surface area contributed by atoms with Gasteiger partial charge in [-0.25, -0.2) is 0 Å². The van der Waals surface area contributed by atoms with Crippen molar-refractivity contribution in [3.8, 4) is 0 Å². The van der Waals surface area contributed by atoms with Gasteiger partial charge in [0.25, 0.3) is 0 Å². The highest BCUT2D eigenvalue weighted by molar-refractivity contribution is 5.86. The Morgan fingerprint density at radius 3 is 2.12 bits per heavy atom. The molecule has 0 aromatic carbocycles. The van der Waals surface area contributed by atoms with Crippen molar-refractivity contribution < 1.29 is 14.3 Å². The Balaban J connectivity index is 4.16. The fourth-order valence-corrected chi connectivity index (χ4v) is 1.49. The number of hydrogen-bond donors (Lipinski definition) is 1. The van der Waals surface area contributed by atoms with Crippen LogP contribution in [0.25, 0.3) is 0 Å². The van der Waals surface area contributed by atoms with Crippen molar-refractivity contribution in [2.75, 3.05) is 7.05 Å². The molecule has 0 bridgehead atoms. The normalized spacial score (nSPS) is 13.6. The number of Topliss-reactive ketones (excluding diaryl/α,β-unsaturated/α-hetero) is 1. The predicted molar refractivity (Wildman–Crippen MR) is 67.8 cm³/mol. The maximum absolute atomic E-state index is 11.8. The Morgan fingerprint density at radius 2 is 1.76 bits per heavy atom. The Kier molecular flexibility index (Phi) is 6.39. The summed E-state index contributed by atoms with van der Waals surface area (Å²) in [5.41, 5.74) is -0.464. The molecule has 4 heteroatoms. The third-order valence-corrected chi connectivity index (χ3v) is 2.32. The largest absolute Gasteiger partial charge is 0.460 e. The molecular formula is C13H25NO3. The monoisotopic (exact) mass is 243 g/mol. The number of carbonyl (C=O) groups excluding carboxylic acids is 2. The van der Waals surface area contributed by atoms with E-state index in [-0.39, 0.29) is 30.1 Å². The molecule has 0 aliphatic rings. The van der Waals surface area contributed by atoms with Gasteiger partial charge in [0, 0.05) is 12.3 Å². The minimum Gasteiger partial charge on any atom is -0.460 e. The number of rotatable bonds is 6. The molecule has 0 unspecified atom stereocenters. The smallest absolute Gasteiger partial charge is 0.306 e. The van der Waals surface area contributed by atoms with E-state index in [0.29, 0.717) is 6.42 Å². The van der Waals surface area contributed by atoms with Gasteiger partial charge in [-0.05, 0) is 34.2 Å². The van der Waals surface area contributed by atoms with E-state index in [1.54, 1.807) is 7.05 Å². The lowest BCUT2D eigenvalue weighted by molar-refractivity contribution is -0.155. The van der Waals surface area contributed by atoms with Crippen LogP contribution in [-0.4, -0.2) is 30.4 Å². The number of carbonyl (C=O) groups is 2. The van der Waals surface area contributed by atoms with Gasteiger partial charge < -0.3 is 10.1 Å². The van der Waals surface area contributed by atoms with E-state index in [4.69, 9.17) is 4.74 Å². The number of esters is 1. The van der Waals surface area contributed by atoms with Crippen LogP contribution in [0.1, 0.15) is 47.5 Å². The van der Waals surface area contributed by atoms with Gasteiger partial charge in [0.2, 0.25) is 0 Å². The van der Waals surface area contributed by atoms with Gasteiger partial charge in [-0.2, -0.15) is 0 Å². The molecule has 0 aromatic rings. The lowest BCUT2D eigenvalue weighted by Gasteiger charge is -2.21. The van der Waals surface area contributed by atoms with Crippen molar-refractivity contribution in [2.45, 2.75) is 59.1 Å². The standard InChI is InChI=1S/C13H25NO3/c1-9(2)12(16)10(14-6)7-8-11(15)17-13(3,4)5/h9-10,14H,7-8H2,1-6H3/t10-/m0/s1. The molecule has 0 fully saturated rings. The van der Waals surface area contributed by atoms with Crippen LogP contribution in [0, 0.1) is 5.92 Å². The fourth-order valence-electron chi connectivity index (χ4n) is 1.49. The van der Waals surface area contributed by atoms with Gasteiger partial charge in [-0.3, -0.25) is 9.59 Å². The molecule has 4 nitrogen and oxygen atoms in total. The SMILES string of the molecule is CN[C@@H](CCC(=O)OC(C)(C)C)C(=O)C(C)C. The lowest BCUT2D eigenvalue weighted by Crippen LogP contribution is -2.37. The van der Waals surface area contributed by atoms with Gasteiger partial charge in [0.05, 0.1) is 6.04 Å². The third kappa shape index (κ3) is 7.10. The molecule has 1 N–H and O–H groups in total. The second-order valence-electron chi connectivity index (χ2n) is 5.52. The Hall–Kier alpha value is -0.900. The molecule has 0 radical (unpaired) electrons. The summed E-state index contributed by atoms with van der Waals surface area (Å²) in [7, 11) is 1.74. The van der Waals surface area contributed by atoms with Gasteiger partial charge in [-0.15, -0.1) is 0 Å². The fraction of sp³-hybridized carbons (Fsp3) is 0.846. The van der Waals surface area contributed by atoms with Crippen molar-refractivity contribution in [3.63, 3.8) is 0 Å². The minimum atomic E-state index is -0.464. The zero-order valence-corrected chi connectivity index (χ0v) is 11.8. The average molecular weight is 243 g/mol. The second kappa shape index (κ2) is 6.74. The number of ketones is 1. The molecule has 0 aromatic heterocycles. The summed E-state index contributed by atoms with van der Waals surface area (Å²) in [6, 6.07) is -0.262. The van der Waals surface area contributed by atoms with Crippen LogP contribution in [0.4, 0.5) is 0 Å². The first kappa shape index (κ1) is 16.1. The summed E-state index contributed by atoms with van der Waals surface area (Å²) in [4.78, 5) is 23.3. The Labute approximate surface area is 104 Å². The molecular weight excluding hydrogens is 218 g/mol. The summed E-state index contributed by atoms with van der Waals surface area (Å²) in [5, 5.41) is 2.94. The number of likely N-dealkylation sites (N-methyl/N-ethyl adjacent to an activating group) is 1. The quantitative estimate of drug-likeness (QED) is 0.724. The molecule has 17 heavy (non-hydrogen) atoms. The van der Waals surface area contributed by atoms with Crippen molar-refractivity contribution in [1.29, 1.82) is 0 Å². The van der Waals surface area contributed by atoms with Crippen LogP contribution in [0.5, 0.6) is 0 Å². The maximum Gasteiger partial charge on any atom is 0.306 e. The first-order chi connectivity index (χ1) is 7.67. The summed E-state index contributed by atoms with van der Waals surface area (Å²) in [6.07, 6.45) is 0.754. The first-order valence-electron chi connectivity index (χ1n) is 6.10. The number of nitrogens with one attached hydrogen (secondary N) is 1. The van der Waals surface area contributed by atoms with E-state index in [0.717, 1.165) is 0 Å². The van der Waals surface area contributed by atoms with Crippen LogP contribution >= 0.6 is 0 Å². The van der Waals surface area contributed by atoms with Crippen LogP contribution in [0.3, 0.4) is 0 Å². The molecule has 100 valence electrons.